The molecule has 0 atom stereocenters. The maximum atomic E-state index is 5.50. The third-order valence-corrected chi connectivity index (χ3v) is 4.75. The number of hydrogen-bond acceptors (Lipinski definition) is 3. The van der Waals surface area contributed by atoms with Gasteiger partial charge in [0.15, 0.2) is 16.6 Å². The predicted molar refractivity (Wildman–Crippen MR) is 104 cm³/mol. The minimum atomic E-state index is 0.295. The number of rotatable bonds is 5. The van der Waals surface area contributed by atoms with Crippen LogP contribution < -0.4 is 14.8 Å². The van der Waals surface area contributed by atoms with E-state index in [4.69, 9.17) is 21.7 Å². The van der Waals surface area contributed by atoms with Gasteiger partial charge < -0.3 is 19.7 Å². The molecule has 0 bridgehead atoms. The first-order chi connectivity index (χ1) is 12.0. The Morgan fingerprint density at radius 1 is 1.08 bits per heavy atom. The standard InChI is InChI=1S/C20H24N2O2S/c1-14(2)17-7-4-15(5-8-17)12-22(3)20(25)21-11-16-6-9-18-19(10-16)24-13-23-18/h4-10,14H,11-13H2,1-3H3,(H,21,25). The molecule has 5 heteroatoms. The van der Waals surface area contributed by atoms with Gasteiger partial charge in [-0.25, -0.2) is 0 Å². The van der Waals surface area contributed by atoms with Crippen molar-refractivity contribution in [2.75, 3.05) is 13.8 Å². The van der Waals surface area contributed by atoms with E-state index in [1.165, 1.54) is 11.1 Å². The number of hydrogen-bond donors (Lipinski definition) is 1. The Morgan fingerprint density at radius 2 is 1.76 bits per heavy atom. The van der Waals surface area contributed by atoms with Crippen LogP contribution in [0.15, 0.2) is 42.5 Å². The van der Waals surface area contributed by atoms with E-state index >= 15 is 0 Å². The van der Waals surface area contributed by atoms with Crippen molar-refractivity contribution in [3.8, 4) is 11.5 Å². The first-order valence-electron chi connectivity index (χ1n) is 8.49. The summed E-state index contributed by atoms with van der Waals surface area (Å²) in [4.78, 5) is 2.05. The van der Waals surface area contributed by atoms with E-state index in [1.54, 1.807) is 0 Å². The molecule has 0 unspecified atom stereocenters. The fourth-order valence-corrected chi connectivity index (χ4v) is 2.85. The molecule has 0 saturated carbocycles. The van der Waals surface area contributed by atoms with Crippen LogP contribution in [0.3, 0.4) is 0 Å². The van der Waals surface area contributed by atoms with Gasteiger partial charge in [-0.3, -0.25) is 0 Å². The topological polar surface area (TPSA) is 33.7 Å². The van der Waals surface area contributed by atoms with Crippen LogP contribution in [-0.4, -0.2) is 23.9 Å². The molecule has 0 aliphatic carbocycles. The van der Waals surface area contributed by atoms with Crippen LogP contribution >= 0.6 is 12.2 Å². The van der Waals surface area contributed by atoms with E-state index in [9.17, 15) is 0 Å². The molecule has 1 heterocycles. The Bertz CT molecular complexity index is 744. The summed E-state index contributed by atoms with van der Waals surface area (Å²) in [6.45, 7) is 6.15. The average Bonchev–Trinajstić information content (AvgIpc) is 3.07. The van der Waals surface area contributed by atoms with Gasteiger partial charge in [0.05, 0.1) is 0 Å². The SMILES string of the molecule is CC(C)c1ccc(CN(C)C(=S)NCc2ccc3c(c2)OCO3)cc1. The van der Waals surface area contributed by atoms with Crippen LogP contribution in [0.1, 0.15) is 36.5 Å². The third-order valence-electron chi connectivity index (χ3n) is 4.29. The molecule has 25 heavy (non-hydrogen) atoms. The maximum absolute atomic E-state index is 5.50. The van der Waals surface area contributed by atoms with Crippen LogP contribution in [0.25, 0.3) is 0 Å². The minimum Gasteiger partial charge on any atom is -0.454 e. The second-order valence-electron chi connectivity index (χ2n) is 6.60. The Kier molecular flexibility index (Phi) is 5.43. The van der Waals surface area contributed by atoms with Gasteiger partial charge in [0.25, 0.3) is 0 Å². The van der Waals surface area contributed by atoms with E-state index in [0.29, 0.717) is 19.3 Å². The summed E-state index contributed by atoms with van der Waals surface area (Å²) in [5.41, 5.74) is 3.72. The molecule has 0 radical (unpaired) electrons. The van der Waals surface area contributed by atoms with Gasteiger partial charge in [-0.15, -0.1) is 0 Å². The molecule has 3 rings (SSSR count). The Balaban J connectivity index is 1.52. The fraction of sp³-hybridized carbons (Fsp3) is 0.350. The summed E-state index contributed by atoms with van der Waals surface area (Å²) in [6.07, 6.45) is 0. The van der Waals surface area contributed by atoms with Crippen molar-refractivity contribution in [2.45, 2.75) is 32.9 Å². The number of fused-ring (bicyclic) bond motifs is 1. The van der Waals surface area contributed by atoms with Gasteiger partial charge in [0.2, 0.25) is 6.79 Å². The largest absolute Gasteiger partial charge is 0.454 e. The molecule has 0 saturated heterocycles. The Labute approximate surface area is 154 Å². The number of ether oxygens (including phenoxy) is 2. The van der Waals surface area contributed by atoms with Gasteiger partial charge >= 0.3 is 0 Å². The van der Waals surface area contributed by atoms with Crippen molar-refractivity contribution in [1.82, 2.24) is 10.2 Å². The van der Waals surface area contributed by atoms with Crippen LogP contribution in [-0.2, 0) is 13.1 Å². The molecular formula is C20H24N2O2S. The Morgan fingerprint density at radius 3 is 2.48 bits per heavy atom. The molecule has 0 amide bonds. The Hall–Kier alpha value is -2.27. The molecule has 132 valence electrons. The normalized spacial score (nSPS) is 12.3. The third kappa shape index (κ3) is 4.42. The van der Waals surface area contributed by atoms with E-state index in [-0.39, 0.29) is 0 Å². The lowest BCUT2D eigenvalue weighted by Crippen LogP contribution is -2.36. The molecule has 1 aliphatic rings. The smallest absolute Gasteiger partial charge is 0.231 e. The van der Waals surface area contributed by atoms with Crippen molar-refractivity contribution < 1.29 is 9.47 Å². The van der Waals surface area contributed by atoms with Crippen molar-refractivity contribution in [3.05, 3.63) is 59.2 Å². The highest BCUT2D eigenvalue weighted by molar-refractivity contribution is 7.80. The molecule has 1 N–H and O–H groups in total. The average molecular weight is 356 g/mol. The summed E-state index contributed by atoms with van der Waals surface area (Å²) in [5.74, 6) is 2.15. The molecule has 1 aliphatic heterocycles. The highest BCUT2D eigenvalue weighted by Gasteiger charge is 2.13. The van der Waals surface area contributed by atoms with E-state index < -0.39 is 0 Å². The molecule has 4 nitrogen and oxygen atoms in total. The van der Waals surface area contributed by atoms with E-state index in [1.807, 2.05) is 30.1 Å². The van der Waals surface area contributed by atoms with Crippen LogP contribution in [0.4, 0.5) is 0 Å². The van der Waals surface area contributed by atoms with Crippen LogP contribution in [0, 0.1) is 0 Å². The monoisotopic (exact) mass is 356 g/mol. The second-order valence-corrected chi connectivity index (χ2v) is 6.99. The first-order valence-corrected chi connectivity index (χ1v) is 8.90. The van der Waals surface area contributed by atoms with Crippen LogP contribution in [0.2, 0.25) is 0 Å². The first kappa shape index (κ1) is 17.5. The summed E-state index contributed by atoms with van der Waals surface area (Å²) in [6, 6.07) is 14.7. The molecule has 0 aromatic heterocycles. The molecule has 2 aromatic rings. The minimum absolute atomic E-state index is 0.295. The van der Waals surface area contributed by atoms with Crippen molar-refractivity contribution in [1.29, 1.82) is 0 Å². The predicted octanol–water partition coefficient (Wildman–Crippen LogP) is 4.05. The summed E-state index contributed by atoms with van der Waals surface area (Å²) >= 11 is 5.50. The zero-order valence-electron chi connectivity index (χ0n) is 14.9. The zero-order valence-corrected chi connectivity index (χ0v) is 15.7. The van der Waals surface area contributed by atoms with Crippen molar-refractivity contribution >= 4 is 17.3 Å². The van der Waals surface area contributed by atoms with E-state index in [0.717, 1.165) is 28.7 Å². The lowest BCUT2D eigenvalue weighted by Gasteiger charge is -2.21. The second kappa shape index (κ2) is 7.74. The lowest BCUT2D eigenvalue weighted by molar-refractivity contribution is 0.174. The van der Waals surface area contributed by atoms with Gasteiger partial charge in [0.1, 0.15) is 0 Å². The van der Waals surface area contributed by atoms with Crippen molar-refractivity contribution in [2.24, 2.45) is 0 Å². The number of nitrogens with one attached hydrogen (secondary N) is 1. The summed E-state index contributed by atoms with van der Waals surface area (Å²) < 4.78 is 10.7. The van der Waals surface area contributed by atoms with Gasteiger partial charge in [-0.2, -0.15) is 0 Å². The summed E-state index contributed by atoms with van der Waals surface area (Å²) in [7, 11) is 2.01. The van der Waals surface area contributed by atoms with Crippen molar-refractivity contribution in [3.63, 3.8) is 0 Å². The van der Waals surface area contributed by atoms with Crippen LogP contribution in [0.5, 0.6) is 11.5 Å². The van der Waals surface area contributed by atoms with Gasteiger partial charge in [-0.05, 0) is 47.0 Å². The van der Waals surface area contributed by atoms with Gasteiger partial charge in [-0.1, -0.05) is 44.2 Å². The fourth-order valence-electron chi connectivity index (χ4n) is 2.72. The molecule has 0 spiro atoms. The zero-order chi connectivity index (χ0) is 17.8. The van der Waals surface area contributed by atoms with E-state index in [2.05, 4.69) is 43.4 Å². The molecular weight excluding hydrogens is 332 g/mol. The highest BCUT2D eigenvalue weighted by atomic mass is 32.1. The number of nitrogens with zero attached hydrogens (tertiary/aromatic N) is 1. The van der Waals surface area contributed by atoms with Gasteiger partial charge in [0, 0.05) is 20.1 Å². The maximum Gasteiger partial charge on any atom is 0.231 e. The quantitative estimate of drug-likeness (QED) is 0.818. The molecule has 2 aromatic carbocycles. The number of benzene rings is 2. The lowest BCUT2D eigenvalue weighted by atomic mass is 10.0. The summed E-state index contributed by atoms with van der Waals surface area (Å²) in [5, 5.41) is 4.03. The molecule has 0 fully saturated rings. The highest BCUT2D eigenvalue weighted by Crippen LogP contribution is 2.32. The number of thiocarbonyl (C=S) groups is 1.